The zero-order chi connectivity index (χ0) is 12.3. The van der Waals surface area contributed by atoms with E-state index in [-0.39, 0.29) is 6.61 Å². The zero-order valence-electron chi connectivity index (χ0n) is 11.5. The fourth-order valence-corrected chi connectivity index (χ4v) is 5.48. The van der Waals surface area contributed by atoms with Gasteiger partial charge >= 0.3 is 0 Å². The van der Waals surface area contributed by atoms with Crippen LogP contribution in [-0.4, -0.2) is 11.7 Å². The Labute approximate surface area is 105 Å². The summed E-state index contributed by atoms with van der Waals surface area (Å²) in [6, 6.07) is 0. The molecule has 17 heavy (non-hydrogen) atoms. The molecule has 5 unspecified atom stereocenters. The van der Waals surface area contributed by atoms with Crippen molar-refractivity contribution in [2.45, 2.75) is 52.9 Å². The lowest BCUT2D eigenvalue weighted by Crippen LogP contribution is -2.54. The maximum Gasteiger partial charge on any atom is 0.0639 e. The fraction of sp³-hybridized carbons (Fsp3) is 0.875. The van der Waals surface area contributed by atoms with Gasteiger partial charge in [0.05, 0.1) is 6.61 Å². The van der Waals surface area contributed by atoms with Crippen molar-refractivity contribution in [3.8, 4) is 0 Å². The van der Waals surface area contributed by atoms with Crippen LogP contribution in [0.15, 0.2) is 11.6 Å². The number of aliphatic hydroxyl groups is 1. The Morgan fingerprint density at radius 2 is 2.12 bits per heavy atom. The highest BCUT2D eigenvalue weighted by Crippen LogP contribution is 2.79. The maximum atomic E-state index is 9.04. The lowest BCUT2D eigenvalue weighted by molar-refractivity contribution is -0.130. The van der Waals surface area contributed by atoms with Crippen LogP contribution < -0.4 is 0 Å². The van der Waals surface area contributed by atoms with Crippen LogP contribution in [0.4, 0.5) is 0 Å². The van der Waals surface area contributed by atoms with Gasteiger partial charge in [-0.1, -0.05) is 25.5 Å². The van der Waals surface area contributed by atoms with Gasteiger partial charge in [0.15, 0.2) is 0 Å². The largest absolute Gasteiger partial charge is 0.392 e. The molecule has 0 aromatic rings. The Morgan fingerprint density at radius 3 is 2.71 bits per heavy atom. The van der Waals surface area contributed by atoms with Gasteiger partial charge in [-0.25, -0.2) is 0 Å². The maximum absolute atomic E-state index is 9.04. The molecule has 0 aromatic carbocycles. The summed E-state index contributed by atoms with van der Waals surface area (Å²) in [5, 5.41) is 9.04. The highest BCUT2D eigenvalue weighted by atomic mass is 16.3. The van der Waals surface area contributed by atoms with E-state index in [0.717, 1.165) is 29.7 Å². The van der Waals surface area contributed by atoms with E-state index in [1.807, 2.05) is 6.92 Å². The first-order valence-corrected chi connectivity index (χ1v) is 7.28. The summed E-state index contributed by atoms with van der Waals surface area (Å²) in [5.74, 6) is 3.15. The van der Waals surface area contributed by atoms with Crippen LogP contribution in [0, 0.1) is 28.6 Å². The van der Waals surface area contributed by atoms with E-state index in [9.17, 15) is 0 Å². The molecule has 3 aliphatic carbocycles. The summed E-state index contributed by atoms with van der Waals surface area (Å²) >= 11 is 0. The lowest BCUT2D eigenvalue weighted by Gasteiger charge is -2.62. The van der Waals surface area contributed by atoms with Gasteiger partial charge in [0.1, 0.15) is 0 Å². The highest BCUT2D eigenvalue weighted by molar-refractivity contribution is 5.20. The molecule has 0 spiro atoms. The van der Waals surface area contributed by atoms with Crippen LogP contribution in [0.25, 0.3) is 0 Å². The predicted octanol–water partition coefficient (Wildman–Crippen LogP) is 3.78. The number of allylic oxidation sites excluding steroid dienone is 1. The molecule has 0 amide bonds. The number of hydrogen-bond donors (Lipinski definition) is 1. The molecule has 5 atom stereocenters. The predicted molar refractivity (Wildman–Crippen MR) is 70.6 cm³/mol. The summed E-state index contributed by atoms with van der Waals surface area (Å²) < 4.78 is 0. The average Bonchev–Trinajstić information content (AvgIpc) is 2.71. The molecule has 3 saturated carbocycles. The molecule has 3 aliphatic rings. The third-order valence-corrected chi connectivity index (χ3v) is 6.81. The van der Waals surface area contributed by atoms with E-state index < -0.39 is 0 Å². The third kappa shape index (κ3) is 1.35. The number of hydrogen-bond acceptors (Lipinski definition) is 1. The number of fused-ring (bicyclic) bond motifs is 1. The molecule has 0 aliphatic heterocycles. The van der Waals surface area contributed by atoms with Gasteiger partial charge in [-0.15, -0.1) is 0 Å². The molecular formula is C16H26O. The minimum Gasteiger partial charge on any atom is -0.392 e. The van der Waals surface area contributed by atoms with Crippen molar-refractivity contribution in [3.63, 3.8) is 0 Å². The first-order valence-electron chi connectivity index (χ1n) is 7.28. The second kappa shape index (κ2) is 3.60. The van der Waals surface area contributed by atoms with E-state index in [0.29, 0.717) is 10.8 Å². The monoisotopic (exact) mass is 234 g/mol. The van der Waals surface area contributed by atoms with Crippen molar-refractivity contribution in [3.05, 3.63) is 11.6 Å². The standard InChI is InChI=1S/C16H26O/c1-11(10-17)5-4-6-15(2)13-7-12-9-16(15,3)14(12)8-13/h5,12-14,17H,4,6-10H2,1-3H3/b11-5-. The van der Waals surface area contributed by atoms with Gasteiger partial charge in [0, 0.05) is 0 Å². The quantitative estimate of drug-likeness (QED) is 0.734. The second-order valence-corrected chi connectivity index (χ2v) is 7.32. The van der Waals surface area contributed by atoms with Crippen molar-refractivity contribution >= 4 is 0 Å². The van der Waals surface area contributed by atoms with Crippen molar-refractivity contribution in [2.24, 2.45) is 28.6 Å². The van der Waals surface area contributed by atoms with Crippen molar-refractivity contribution in [2.75, 3.05) is 6.61 Å². The Balaban J connectivity index is 1.70. The average molecular weight is 234 g/mol. The van der Waals surface area contributed by atoms with Crippen LogP contribution in [0.5, 0.6) is 0 Å². The summed E-state index contributed by atoms with van der Waals surface area (Å²) in [6.07, 6.45) is 9.25. The highest BCUT2D eigenvalue weighted by Gasteiger charge is 2.71. The van der Waals surface area contributed by atoms with Crippen molar-refractivity contribution in [1.82, 2.24) is 0 Å². The molecule has 1 heteroatoms. The minimum atomic E-state index is 0.224. The number of aliphatic hydroxyl groups excluding tert-OH is 1. The van der Waals surface area contributed by atoms with E-state index in [2.05, 4.69) is 19.9 Å². The van der Waals surface area contributed by atoms with Gasteiger partial charge in [-0.2, -0.15) is 0 Å². The van der Waals surface area contributed by atoms with Gasteiger partial charge in [0.25, 0.3) is 0 Å². The summed E-state index contributed by atoms with van der Waals surface area (Å²) in [5.41, 5.74) is 2.37. The first-order chi connectivity index (χ1) is 8.01. The first kappa shape index (κ1) is 11.8. The van der Waals surface area contributed by atoms with Crippen molar-refractivity contribution in [1.29, 1.82) is 0 Å². The van der Waals surface area contributed by atoms with E-state index in [1.54, 1.807) is 0 Å². The molecule has 3 fully saturated rings. The molecule has 2 bridgehead atoms. The van der Waals surface area contributed by atoms with Crippen LogP contribution >= 0.6 is 0 Å². The Kier molecular flexibility index (Phi) is 2.49. The molecular weight excluding hydrogens is 208 g/mol. The molecule has 3 rings (SSSR count). The van der Waals surface area contributed by atoms with Crippen LogP contribution in [0.3, 0.4) is 0 Å². The third-order valence-electron chi connectivity index (χ3n) is 6.81. The van der Waals surface area contributed by atoms with Crippen LogP contribution in [0.2, 0.25) is 0 Å². The smallest absolute Gasteiger partial charge is 0.0639 e. The molecule has 0 saturated heterocycles. The summed E-state index contributed by atoms with van der Waals surface area (Å²) in [4.78, 5) is 0. The van der Waals surface area contributed by atoms with Gasteiger partial charge < -0.3 is 5.11 Å². The molecule has 1 nitrogen and oxygen atoms in total. The van der Waals surface area contributed by atoms with Gasteiger partial charge in [-0.3, -0.25) is 0 Å². The molecule has 0 radical (unpaired) electrons. The van der Waals surface area contributed by atoms with Crippen LogP contribution in [-0.2, 0) is 0 Å². The topological polar surface area (TPSA) is 20.2 Å². The molecule has 1 N–H and O–H groups in total. The van der Waals surface area contributed by atoms with Gasteiger partial charge in [-0.05, 0) is 67.6 Å². The molecule has 0 aromatic heterocycles. The van der Waals surface area contributed by atoms with E-state index >= 15 is 0 Å². The van der Waals surface area contributed by atoms with Gasteiger partial charge in [0.2, 0.25) is 0 Å². The van der Waals surface area contributed by atoms with Crippen molar-refractivity contribution < 1.29 is 5.11 Å². The molecule has 96 valence electrons. The Hall–Kier alpha value is -0.300. The zero-order valence-corrected chi connectivity index (χ0v) is 11.5. The number of rotatable bonds is 4. The van der Waals surface area contributed by atoms with E-state index in [4.69, 9.17) is 5.11 Å². The Bertz CT molecular complexity index is 359. The fourth-order valence-electron chi connectivity index (χ4n) is 5.48. The Morgan fingerprint density at radius 1 is 1.35 bits per heavy atom. The SMILES string of the molecule is C/C(=C/CCC1(C)C2CC3CC1(C)C3C2)CO. The summed E-state index contributed by atoms with van der Waals surface area (Å²) in [7, 11) is 0. The lowest BCUT2D eigenvalue weighted by atomic mass is 9.43. The van der Waals surface area contributed by atoms with Crippen LogP contribution in [0.1, 0.15) is 52.9 Å². The van der Waals surface area contributed by atoms with E-state index in [1.165, 1.54) is 25.7 Å². The molecule has 0 heterocycles. The minimum absolute atomic E-state index is 0.224. The normalized spacial score (nSPS) is 51.8. The second-order valence-electron chi connectivity index (χ2n) is 7.32. The summed E-state index contributed by atoms with van der Waals surface area (Å²) in [6.45, 7) is 7.36.